The van der Waals surface area contributed by atoms with Gasteiger partial charge < -0.3 is 0 Å². The molecule has 6 nitrogen and oxygen atoms in total. The topological polar surface area (TPSA) is 76.1 Å². The Morgan fingerprint density at radius 2 is 1.84 bits per heavy atom. The SMILES string of the molecule is CC(=O)Nc1on[n+](C2CCCCCC2)c1C(C)=O. The van der Waals surface area contributed by atoms with Crippen molar-refractivity contribution in [3.8, 4) is 0 Å². The molecule has 1 fully saturated rings. The Bertz CT molecular complexity index is 473. The average molecular weight is 266 g/mol. The quantitative estimate of drug-likeness (QED) is 0.516. The van der Waals surface area contributed by atoms with Crippen LogP contribution in [0.2, 0.25) is 0 Å². The Morgan fingerprint density at radius 3 is 2.37 bits per heavy atom. The fraction of sp³-hybridized carbons (Fsp3) is 0.692. The molecular weight excluding hydrogens is 246 g/mol. The van der Waals surface area contributed by atoms with Gasteiger partial charge in [0.2, 0.25) is 17.0 Å². The number of nitrogens with one attached hydrogen (secondary N) is 1. The van der Waals surface area contributed by atoms with Crippen molar-refractivity contribution in [2.45, 2.75) is 58.4 Å². The monoisotopic (exact) mass is 266 g/mol. The molecule has 1 aromatic heterocycles. The van der Waals surface area contributed by atoms with Gasteiger partial charge in [-0.05, 0) is 17.5 Å². The lowest BCUT2D eigenvalue weighted by Crippen LogP contribution is -2.45. The van der Waals surface area contributed by atoms with E-state index in [1.165, 1.54) is 26.7 Å². The van der Waals surface area contributed by atoms with E-state index < -0.39 is 0 Å². The summed E-state index contributed by atoms with van der Waals surface area (Å²) in [7, 11) is 0. The number of hydrogen-bond donors (Lipinski definition) is 1. The fourth-order valence-electron chi connectivity index (χ4n) is 2.59. The molecule has 0 unspecified atom stereocenters. The van der Waals surface area contributed by atoms with Gasteiger partial charge in [0.25, 0.3) is 0 Å². The second-order valence-corrected chi connectivity index (χ2v) is 5.08. The van der Waals surface area contributed by atoms with E-state index in [0.717, 1.165) is 25.7 Å². The van der Waals surface area contributed by atoms with E-state index in [4.69, 9.17) is 4.52 Å². The maximum Gasteiger partial charge on any atom is 0.340 e. The number of aromatic nitrogens is 2. The molecule has 0 aromatic carbocycles. The van der Waals surface area contributed by atoms with Crippen molar-refractivity contribution < 1.29 is 18.8 Å². The molecule has 0 spiro atoms. The van der Waals surface area contributed by atoms with Crippen molar-refractivity contribution in [3.05, 3.63) is 5.69 Å². The third kappa shape index (κ3) is 3.19. The van der Waals surface area contributed by atoms with Crippen LogP contribution in [0.5, 0.6) is 0 Å². The molecule has 0 saturated heterocycles. The molecular formula is C13H20N3O3+. The first-order valence-corrected chi connectivity index (χ1v) is 6.79. The standard InChI is InChI=1S/C13H19N3O3/c1-9(17)12-13(14-10(2)18)19-15-16(12)11-7-5-3-4-6-8-11/h11H,3-8H2,1-2H3/p+1. The largest absolute Gasteiger partial charge is 0.340 e. The van der Waals surface area contributed by atoms with Crippen molar-refractivity contribution in [3.63, 3.8) is 0 Å². The van der Waals surface area contributed by atoms with Crippen LogP contribution in [-0.2, 0) is 4.79 Å². The minimum atomic E-state index is -0.272. The molecule has 1 aliphatic rings. The molecule has 1 aromatic rings. The third-order valence-electron chi connectivity index (χ3n) is 3.46. The fourth-order valence-corrected chi connectivity index (χ4v) is 2.59. The molecule has 1 amide bonds. The number of carbonyl (C=O) groups is 2. The highest BCUT2D eigenvalue weighted by Gasteiger charge is 2.35. The van der Waals surface area contributed by atoms with Gasteiger partial charge in [-0.3, -0.25) is 19.4 Å². The number of hydrogen-bond acceptors (Lipinski definition) is 4. The molecule has 0 radical (unpaired) electrons. The Labute approximate surface area is 112 Å². The van der Waals surface area contributed by atoms with Crippen molar-refractivity contribution in [1.82, 2.24) is 5.27 Å². The lowest BCUT2D eigenvalue weighted by Gasteiger charge is -2.04. The summed E-state index contributed by atoms with van der Waals surface area (Å²) in [6, 6.07) is 0.188. The zero-order valence-electron chi connectivity index (χ0n) is 11.4. The van der Waals surface area contributed by atoms with E-state index in [1.807, 2.05) is 0 Å². The lowest BCUT2D eigenvalue weighted by molar-refractivity contribution is -0.787. The molecule has 0 atom stereocenters. The van der Waals surface area contributed by atoms with Crippen LogP contribution in [0.25, 0.3) is 0 Å². The van der Waals surface area contributed by atoms with Crippen LogP contribution in [0, 0.1) is 0 Å². The first kappa shape index (κ1) is 13.7. The van der Waals surface area contributed by atoms with E-state index in [0.29, 0.717) is 5.69 Å². The summed E-state index contributed by atoms with van der Waals surface area (Å²) in [5, 5.41) is 6.48. The highest BCUT2D eigenvalue weighted by Crippen LogP contribution is 2.24. The van der Waals surface area contributed by atoms with Gasteiger partial charge in [-0.15, -0.1) is 0 Å². The Kier molecular flexibility index (Phi) is 4.29. The first-order valence-electron chi connectivity index (χ1n) is 6.79. The summed E-state index contributed by atoms with van der Waals surface area (Å²) in [6.07, 6.45) is 6.72. The van der Waals surface area contributed by atoms with Gasteiger partial charge in [0.05, 0.1) is 0 Å². The number of nitrogens with zero attached hydrogens (tertiary/aromatic N) is 2. The summed E-state index contributed by atoms with van der Waals surface area (Å²) in [5.41, 5.74) is 0.363. The van der Waals surface area contributed by atoms with Gasteiger partial charge in [-0.2, -0.15) is 0 Å². The van der Waals surface area contributed by atoms with Gasteiger partial charge in [0.15, 0.2) is 6.04 Å². The van der Waals surface area contributed by atoms with Gasteiger partial charge in [0, 0.05) is 26.7 Å². The number of Topliss-reactive ketones (excluding diaryl/α,β-unsaturated/α-hetero) is 1. The summed E-state index contributed by atoms with van der Waals surface area (Å²) in [6.45, 7) is 2.84. The molecule has 104 valence electrons. The zero-order chi connectivity index (χ0) is 13.8. The van der Waals surface area contributed by atoms with Crippen LogP contribution >= 0.6 is 0 Å². The molecule has 2 rings (SSSR count). The Hall–Kier alpha value is -1.72. The Morgan fingerprint density at radius 1 is 1.21 bits per heavy atom. The maximum atomic E-state index is 11.8. The lowest BCUT2D eigenvalue weighted by atomic mass is 10.1. The average Bonchev–Trinajstić information content (AvgIpc) is 2.58. The van der Waals surface area contributed by atoms with Gasteiger partial charge in [0.1, 0.15) is 0 Å². The number of rotatable bonds is 3. The highest BCUT2D eigenvalue weighted by atomic mass is 16.5. The summed E-state index contributed by atoms with van der Waals surface area (Å²) < 4.78 is 6.77. The zero-order valence-corrected chi connectivity index (χ0v) is 11.4. The first-order chi connectivity index (χ1) is 9.09. The van der Waals surface area contributed by atoms with E-state index >= 15 is 0 Å². The summed E-state index contributed by atoms with van der Waals surface area (Å²) in [5.74, 6) is -0.259. The maximum absolute atomic E-state index is 11.8. The van der Waals surface area contributed by atoms with E-state index in [2.05, 4.69) is 10.6 Å². The smallest absolute Gasteiger partial charge is 0.289 e. The third-order valence-corrected chi connectivity index (χ3v) is 3.46. The molecule has 1 heterocycles. The van der Waals surface area contributed by atoms with E-state index in [-0.39, 0.29) is 23.6 Å². The second kappa shape index (κ2) is 5.95. The van der Waals surface area contributed by atoms with Crippen molar-refractivity contribution in [2.24, 2.45) is 0 Å². The van der Waals surface area contributed by atoms with Crippen LogP contribution in [0.15, 0.2) is 4.52 Å². The Balaban J connectivity index is 2.31. The number of anilines is 1. The molecule has 0 aliphatic heterocycles. The van der Waals surface area contributed by atoms with Crippen molar-refractivity contribution in [1.29, 1.82) is 0 Å². The summed E-state index contributed by atoms with van der Waals surface area (Å²) >= 11 is 0. The molecule has 19 heavy (non-hydrogen) atoms. The highest BCUT2D eigenvalue weighted by molar-refractivity contribution is 5.98. The number of amides is 1. The van der Waals surface area contributed by atoms with Crippen molar-refractivity contribution >= 4 is 17.6 Å². The normalized spacial score (nSPS) is 16.9. The second-order valence-electron chi connectivity index (χ2n) is 5.08. The van der Waals surface area contributed by atoms with Crippen LogP contribution in [0.1, 0.15) is 68.9 Å². The predicted octanol–water partition coefficient (Wildman–Crippen LogP) is 2.02. The molecule has 1 saturated carbocycles. The van der Waals surface area contributed by atoms with Crippen LogP contribution in [0.4, 0.5) is 5.88 Å². The summed E-state index contributed by atoms with van der Waals surface area (Å²) in [4.78, 5) is 22.9. The minimum Gasteiger partial charge on any atom is -0.289 e. The van der Waals surface area contributed by atoms with Crippen LogP contribution in [-0.4, -0.2) is 17.0 Å². The van der Waals surface area contributed by atoms with Gasteiger partial charge in [-0.25, -0.2) is 0 Å². The van der Waals surface area contributed by atoms with E-state index in [9.17, 15) is 9.59 Å². The molecule has 1 aliphatic carbocycles. The number of carbonyl (C=O) groups excluding carboxylic acids is 2. The van der Waals surface area contributed by atoms with E-state index in [1.54, 1.807) is 4.68 Å². The van der Waals surface area contributed by atoms with Gasteiger partial charge >= 0.3 is 11.6 Å². The van der Waals surface area contributed by atoms with Crippen molar-refractivity contribution in [2.75, 3.05) is 5.32 Å². The van der Waals surface area contributed by atoms with Crippen LogP contribution < -0.4 is 10.00 Å². The minimum absolute atomic E-state index is 0.144. The molecule has 6 heteroatoms. The predicted molar refractivity (Wildman–Crippen MR) is 67.7 cm³/mol. The van der Waals surface area contributed by atoms with Gasteiger partial charge in [-0.1, -0.05) is 12.8 Å². The number of ketones is 1. The molecule has 0 bridgehead atoms. The molecule has 1 N–H and O–H groups in total. The van der Waals surface area contributed by atoms with Crippen LogP contribution in [0.3, 0.4) is 0 Å².